The van der Waals surface area contributed by atoms with Gasteiger partial charge in [0, 0.05) is 25.3 Å². The van der Waals surface area contributed by atoms with Crippen LogP contribution in [0.15, 0.2) is 18.3 Å². The van der Waals surface area contributed by atoms with Crippen LogP contribution >= 0.6 is 0 Å². The maximum Gasteiger partial charge on any atom is 0.160 e. The topological polar surface area (TPSA) is 50.9 Å². The average molecular weight is 259 g/mol. The molecule has 4 nitrogen and oxygen atoms in total. The Morgan fingerprint density at radius 3 is 2.89 bits per heavy atom. The average Bonchev–Trinajstić information content (AvgIpc) is 2.84. The molecule has 0 amide bonds. The molecule has 1 saturated carbocycles. The second-order valence-corrected chi connectivity index (χ2v) is 5.36. The summed E-state index contributed by atoms with van der Waals surface area (Å²) >= 11 is 0. The number of rotatable bonds is 4. The summed E-state index contributed by atoms with van der Waals surface area (Å²) in [4.78, 5) is 9.24. The molecular formula is C15H21N3O. The minimum Gasteiger partial charge on any atom is -0.396 e. The van der Waals surface area contributed by atoms with Crippen LogP contribution in [0.25, 0.3) is 11.2 Å². The molecular weight excluding hydrogens is 238 g/mol. The summed E-state index contributed by atoms with van der Waals surface area (Å²) in [5, 5.41) is 9.05. The van der Waals surface area contributed by atoms with Crippen LogP contribution in [-0.4, -0.2) is 26.2 Å². The SMILES string of the molecule is OCCCc1nc2cccnc2n1C1CCCCC1. The van der Waals surface area contributed by atoms with Gasteiger partial charge in [0.1, 0.15) is 11.3 Å². The van der Waals surface area contributed by atoms with Crippen molar-refractivity contribution in [3.05, 3.63) is 24.2 Å². The number of fused-ring (bicyclic) bond motifs is 1. The molecule has 0 bridgehead atoms. The summed E-state index contributed by atoms with van der Waals surface area (Å²) in [6, 6.07) is 4.52. The van der Waals surface area contributed by atoms with Gasteiger partial charge in [0.25, 0.3) is 0 Å². The van der Waals surface area contributed by atoms with Crippen molar-refractivity contribution >= 4 is 11.2 Å². The van der Waals surface area contributed by atoms with Gasteiger partial charge < -0.3 is 9.67 Å². The Labute approximate surface area is 113 Å². The third-order valence-electron chi connectivity index (χ3n) is 4.02. The minimum atomic E-state index is 0.224. The molecule has 1 aliphatic rings. The Hall–Kier alpha value is -1.42. The zero-order valence-electron chi connectivity index (χ0n) is 11.3. The first-order valence-electron chi connectivity index (χ1n) is 7.33. The normalized spacial score (nSPS) is 17.1. The highest BCUT2D eigenvalue weighted by molar-refractivity contribution is 5.71. The van der Waals surface area contributed by atoms with E-state index in [1.807, 2.05) is 18.3 Å². The Morgan fingerprint density at radius 1 is 1.26 bits per heavy atom. The highest BCUT2D eigenvalue weighted by atomic mass is 16.2. The highest BCUT2D eigenvalue weighted by Gasteiger charge is 2.21. The van der Waals surface area contributed by atoms with Crippen molar-refractivity contribution in [2.45, 2.75) is 51.0 Å². The molecule has 3 rings (SSSR count). The molecule has 0 aliphatic heterocycles. The van der Waals surface area contributed by atoms with Crippen LogP contribution in [0, 0.1) is 0 Å². The maximum absolute atomic E-state index is 9.05. The molecule has 2 aromatic rings. The molecule has 1 fully saturated rings. The molecule has 1 aliphatic carbocycles. The summed E-state index contributed by atoms with van der Waals surface area (Å²) in [5.74, 6) is 1.09. The van der Waals surface area contributed by atoms with E-state index < -0.39 is 0 Å². The van der Waals surface area contributed by atoms with Gasteiger partial charge in [-0.2, -0.15) is 0 Å². The van der Waals surface area contributed by atoms with Gasteiger partial charge in [-0.05, 0) is 31.4 Å². The summed E-state index contributed by atoms with van der Waals surface area (Å²) in [6.07, 6.45) is 9.87. The maximum atomic E-state index is 9.05. The zero-order valence-corrected chi connectivity index (χ0v) is 11.3. The first kappa shape index (κ1) is 12.6. The number of aliphatic hydroxyl groups excluding tert-OH is 1. The number of imidazole rings is 1. The van der Waals surface area contributed by atoms with Gasteiger partial charge in [0.2, 0.25) is 0 Å². The molecule has 1 N–H and O–H groups in total. The fraction of sp³-hybridized carbons (Fsp3) is 0.600. The second kappa shape index (κ2) is 5.70. The molecule has 0 aromatic carbocycles. The van der Waals surface area contributed by atoms with Gasteiger partial charge in [0.15, 0.2) is 5.65 Å². The molecule has 0 unspecified atom stereocenters. The Balaban J connectivity index is 2.01. The minimum absolute atomic E-state index is 0.224. The van der Waals surface area contributed by atoms with Crippen LogP contribution < -0.4 is 0 Å². The summed E-state index contributed by atoms with van der Waals surface area (Å²) < 4.78 is 2.34. The zero-order chi connectivity index (χ0) is 13.1. The van der Waals surface area contributed by atoms with E-state index in [9.17, 15) is 0 Å². The van der Waals surface area contributed by atoms with E-state index in [0.717, 1.165) is 29.8 Å². The first-order valence-corrected chi connectivity index (χ1v) is 7.33. The lowest BCUT2D eigenvalue weighted by atomic mass is 9.95. The van der Waals surface area contributed by atoms with Crippen molar-refractivity contribution in [3.8, 4) is 0 Å². The van der Waals surface area contributed by atoms with E-state index in [4.69, 9.17) is 10.1 Å². The summed E-state index contributed by atoms with van der Waals surface area (Å²) in [7, 11) is 0. The number of hydrogen-bond acceptors (Lipinski definition) is 3. The van der Waals surface area contributed by atoms with Crippen molar-refractivity contribution in [1.29, 1.82) is 0 Å². The number of pyridine rings is 1. The van der Waals surface area contributed by atoms with Crippen molar-refractivity contribution in [2.75, 3.05) is 6.61 Å². The fourth-order valence-electron chi connectivity index (χ4n) is 3.11. The van der Waals surface area contributed by atoms with Crippen molar-refractivity contribution in [1.82, 2.24) is 14.5 Å². The van der Waals surface area contributed by atoms with E-state index >= 15 is 0 Å². The number of aromatic nitrogens is 3. The predicted octanol–water partition coefficient (Wildman–Crippen LogP) is 2.86. The molecule has 2 aromatic heterocycles. The van der Waals surface area contributed by atoms with Crippen molar-refractivity contribution in [3.63, 3.8) is 0 Å². The van der Waals surface area contributed by atoms with Crippen molar-refractivity contribution < 1.29 is 5.11 Å². The van der Waals surface area contributed by atoms with Crippen LogP contribution in [0.1, 0.15) is 50.4 Å². The molecule has 0 radical (unpaired) electrons. The lowest BCUT2D eigenvalue weighted by Gasteiger charge is -2.25. The summed E-state index contributed by atoms with van der Waals surface area (Å²) in [6.45, 7) is 0.224. The lowest BCUT2D eigenvalue weighted by molar-refractivity contribution is 0.284. The molecule has 4 heteroatoms. The van der Waals surface area contributed by atoms with E-state index in [-0.39, 0.29) is 6.61 Å². The predicted molar refractivity (Wildman–Crippen MR) is 75.1 cm³/mol. The van der Waals surface area contributed by atoms with Gasteiger partial charge in [-0.15, -0.1) is 0 Å². The molecule has 0 spiro atoms. The van der Waals surface area contributed by atoms with Gasteiger partial charge in [0.05, 0.1) is 0 Å². The van der Waals surface area contributed by atoms with Crippen LogP contribution in [-0.2, 0) is 6.42 Å². The van der Waals surface area contributed by atoms with Crippen LogP contribution in [0.4, 0.5) is 0 Å². The lowest BCUT2D eigenvalue weighted by Crippen LogP contribution is -2.16. The third-order valence-corrected chi connectivity index (χ3v) is 4.02. The van der Waals surface area contributed by atoms with Crippen LogP contribution in [0.2, 0.25) is 0 Å². The van der Waals surface area contributed by atoms with E-state index in [1.54, 1.807) is 0 Å². The molecule has 0 atom stereocenters. The first-order chi connectivity index (χ1) is 9.40. The van der Waals surface area contributed by atoms with E-state index in [2.05, 4.69) is 9.55 Å². The smallest absolute Gasteiger partial charge is 0.160 e. The standard InChI is InChI=1S/C15H21N3O/c19-11-5-9-14-17-13-8-4-10-16-15(13)18(14)12-6-2-1-3-7-12/h4,8,10,12,19H,1-3,5-7,9,11H2. The monoisotopic (exact) mass is 259 g/mol. The Kier molecular flexibility index (Phi) is 3.78. The number of aryl methyl sites for hydroxylation is 1. The van der Waals surface area contributed by atoms with Gasteiger partial charge in [-0.1, -0.05) is 19.3 Å². The second-order valence-electron chi connectivity index (χ2n) is 5.36. The number of aliphatic hydroxyl groups is 1. The molecule has 2 heterocycles. The largest absolute Gasteiger partial charge is 0.396 e. The van der Waals surface area contributed by atoms with Gasteiger partial charge in [-0.3, -0.25) is 0 Å². The quantitative estimate of drug-likeness (QED) is 0.918. The van der Waals surface area contributed by atoms with Gasteiger partial charge in [-0.25, -0.2) is 9.97 Å². The van der Waals surface area contributed by atoms with Crippen LogP contribution in [0.3, 0.4) is 0 Å². The third kappa shape index (κ3) is 2.50. The molecule has 0 saturated heterocycles. The van der Waals surface area contributed by atoms with E-state index in [1.165, 1.54) is 32.1 Å². The van der Waals surface area contributed by atoms with E-state index in [0.29, 0.717) is 6.04 Å². The summed E-state index contributed by atoms with van der Waals surface area (Å²) in [5.41, 5.74) is 2.00. The Morgan fingerprint density at radius 2 is 2.11 bits per heavy atom. The molecule has 19 heavy (non-hydrogen) atoms. The van der Waals surface area contributed by atoms with Gasteiger partial charge >= 0.3 is 0 Å². The fourth-order valence-corrected chi connectivity index (χ4v) is 3.11. The molecule has 102 valence electrons. The van der Waals surface area contributed by atoms with Crippen molar-refractivity contribution in [2.24, 2.45) is 0 Å². The number of hydrogen-bond donors (Lipinski definition) is 1. The Bertz CT molecular complexity index is 543. The highest BCUT2D eigenvalue weighted by Crippen LogP contribution is 2.32. The number of nitrogens with zero attached hydrogens (tertiary/aromatic N) is 3. The van der Waals surface area contributed by atoms with Crippen LogP contribution in [0.5, 0.6) is 0 Å².